The van der Waals surface area contributed by atoms with Crippen molar-refractivity contribution in [3.05, 3.63) is 64.4 Å². The van der Waals surface area contributed by atoms with Gasteiger partial charge in [-0.15, -0.1) is 0 Å². The first kappa shape index (κ1) is 18.7. The van der Waals surface area contributed by atoms with Crippen molar-refractivity contribution in [3.63, 3.8) is 0 Å². The summed E-state index contributed by atoms with van der Waals surface area (Å²) < 4.78 is 35.3. The van der Waals surface area contributed by atoms with Gasteiger partial charge >= 0.3 is 0 Å². The van der Waals surface area contributed by atoms with Crippen LogP contribution < -0.4 is 4.74 Å². The second kappa shape index (κ2) is 7.06. The monoisotopic (exact) mass is 382 g/mol. The second-order valence-corrected chi connectivity index (χ2v) is 7.59. The van der Waals surface area contributed by atoms with Gasteiger partial charge in [-0.2, -0.15) is 0 Å². The number of rotatable bonds is 3. The van der Waals surface area contributed by atoms with Crippen molar-refractivity contribution in [2.75, 3.05) is 20.7 Å². The Morgan fingerprint density at radius 2 is 1.86 bits per heavy atom. The number of aryl methyl sites for hydroxylation is 1. The highest BCUT2D eigenvalue weighted by Gasteiger charge is 2.22. The number of hydrogen-bond acceptors (Lipinski definition) is 2. The molecule has 4 rings (SSSR count). The van der Waals surface area contributed by atoms with E-state index in [2.05, 4.69) is 41.6 Å². The highest BCUT2D eigenvalue weighted by molar-refractivity contribution is 5.90. The fraction of sp³-hybridized carbons (Fsp3) is 0.304. The maximum absolute atomic E-state index is 14.2. The quantitative estimate of drug-likeness (QED) is 0.616. The lowest BCUT2D eigenvalue weighted by molar-refractivity contribution is 0.312. The first-order chi connectivity index (χ1) is 13.4. The molecule has 0 saturated carbocycles. The van der Waals surface area contributed by atoms with Crippen molar-refractivity contribution in [2.45, 2.75) is 26.8 Å². The highest BCUT2D eigenvalue weighted by atomic mass is 19.1. The van der Waals surface area contributed by atoms with Gasteiger partial charge < -0.3 is 14.2 Å². The van der Waals surface area contributed by atoms with Crippen LogP contribution in [0.15, 0.2) is 30.3 Å². The minimum atomic E-state index is -0.693. The van der Waals surface area contributed by atoms with Crippen LogP contribution in [-0.4, -0.2) is 30.2 Å². The van der Waals surface area contributed by atoms with Crippen LogP contribution in [0.2, 0.25) is 0 Å². The van der Waals surface area contributed by atoms with Crippen LogP contribution in [0.3, 0.4) is 0 Å². The summed E-state index contributed by atoms with van der Waals surface area (Å²) in [5.41, 5.74) is 6.25. The van der Waals surface area contributed by atoms with Crippen LogP contribution in [-0.2, 0) is 13.0 Å². The Balaban J connectivity index is 1.88. The lowest BCUT2D eigenvalue weighted by Crippen LogP contribution is -2.26. The molecule has 0 unspecified atom stereocenters. The van der Waals surface area contributed by atoms with Crippen LogP contribution in [0.4, 0.5) is 8.78 Å². The normalized spacial score (nSPS) is 15.1. The van der Waals surface area contributed by atoms with Crippen molar-refractivity contribution in [1.29, 1.82) is 0 Å². The van der Waals surface area contributed by atoms with Gasteiger partial charge in [-0.3, -0.25) is 0 Å². The Kier molecular flexibility index (Phi) is 4.71. The Morgan fingerprint density at radius 3 is 2.54 bits per heavy atom. The van der Waals surface area contributed by atoms with Gasteiger partial charge in [0.25, 0.3) is 0 Å². The Hall–Kier alpha value is -2.66. The van der Waals surface area contributed by atoms with E-state index >= 15 is 0 Å². The van der Waals surface area contributed by atoms with E-state index in [1.54, 1.807) is 0 Å². The van der Waals surface area contributed by atoms with E-state index in [0.717, 1.165) is 30.6 Å². The van der Waals surface area contributed by atoms with Crippen molar-refractivity contribution in [2.24, 2.45) is 0 Å². The topological polar surface area (TPSA) is 17.4 Å². The summed E-state index contributed by atoms with van der Waals surface area (Å²) >= 11 is 0. The number of nitrogens with zero attached hydrogens (tertiary/aromatic N) is 2. The van der Waals surface area contributed by atoms with Crippen LogP contribution in [0.25, 0.3) is 22.7 Å². The molecule has 0 radical (unpaired) electrons. The number of benzene rings is 2. The van der Waals surface area contributed by atoms with Gasteiger partial charge in [0.2, 0.25) is 0 Å². The minimum Gasteiger partial charge on any atom is -0.491 e. The van der Waals surface area contributed by atoms with E-state index in [-0.39, 0.29) is 5.75 Å². The lowest BCUT2D eigenvalue weighted by Gasteiger charge is -2.23. The third kappa shape index (κ3) is 3.10. The van der Waals surface area contributed by atoms with Crippen LogP contribution in [0.1, 0.15) is 29.3 Å². The average molecular weight is 382 g/mol. The van der Waals surface area contributed by atoms with E-state index in [1.807, 2.05) is 13.1 Å². The number of methoxy groups -OCH3 is 1. The summed E-state index contributed by atoms with van der Waals surface area (Å²) in [4.78, 5) is 2.32. The Morgan fingerprint density at radius 1 is 1.14 bits per heavy atom. The average Bonchev–Trinajstić information content (AvgIpc) is 2.94. The third-order valence-electron chi connectivity index (χ3n) is 5.51. The van der Waals surface area contributed by atoms with Gasteiger partial charge in [-0.1, -0.05) is 11.6 Å². The van der Waals surface area contributed by atoms with Crippen molar-refractivity contribution in [1.82, 2.24) is 9.47 Å². The van der Waals surface area contributed by atoms with E-state index in [4.69, 9.17) is 4.74 Å². The van der Waals surface area contributed by atoms with Crippen LogP contribution >= 0.6 is 0 Å². The molecule has 0 aliphatic carbocycles. The molecule has 5 heteroatoms. The summed E-state index contributed by atoms with van der Waals surface area (Å²) in [5.74, 6) is -1.73. The first-order valence-corrected chi connectivity index (χ1v) is 9.41. The van der Waals surface area contributed by atoms with Crippen molar-refractivity contribution >= 4 is 22.7 Å². The van der Waals surface area contributed by atoms with E-state index in [1.165, 1.54) is 41.4 Å². The molecule has 0 bridgehead atoms. The van der Waals surface area contributed by atoms with Gasteiger partial charge in [0.05, 0.1) is 12.6 Å². The summed E-state index contributed by atoms with van der Waals surface area (Å²) in [5, 5.41) is 1.25. The predicted octanol–water partition coefficient (Wildman–Crippen LogP) is 5.24. The highest BCUT2D eigenvalue weighted by Crippen LogP contribution is 2.33. The van der Waals surface area contributed by atoms with E-state index < -0.39 is 11.6 Å². The summed E-state index contributed by atoms with van der Waals surface area (Å²) in [7, 11) is 3.40. The molecule has 3 nitrogen and oxygen atoms in total. The molecular weight excluding hydrogens is 358 g/mol. The number of fused-ring (bicyclic) bond motifs is 3. The van der Waals surface area contributed by atoms with Gasteiger partial charge in [-0.05, 0) is 61.9 Å². The maximum Gasteiger partial charge on any atom is 0.190 e. The zero-order valence-corrected chi connectivity index (χ0v) is 16.6. The molecule has 1 aromatic heterocycles. The molecule has 0 atom stereocenters. The molecule has 0 N–H and O–H groups in total. The fourth-order valence-electron chi connectivity index (χ4n) is 4.04. The molecule has 0 fully saturated rings. The number of allylic oxidation sites excluding steroid dienone is 1. The summed E-state index contributed by atoms with van der Waals surface area (Å²) in [6.45, 7) is 5.86. The molecular formula is C23H24F2N2O. The largest absolute Gasteiger partial charge is 0.491 e. The molecule has 28 heavy (non-hydrogen) atoms. The summed E-state index contributed by atoms with van der Waals surface area (Å²) in [6.07, 6.45) is 2.93. The SMILES string of the molecule is COc1c(F)cc(/C(C)=C/n2c3c(c4cc(C)ccc42)CN(C)CC3)cc1F. The van der Waals surface area contributed by atoms with E-state index in [0.29, 0.717) is 5.56 Å². The molecule has 1 aliphatic heterocycles. The number of ether oxygens (including phenoxy) is 1. The van der Waals surface area contributed by atoms with Gasteiger partial charge in [-0.25, -0.2) is 8.78 Å². The standard InChI is InChI=1S/C23H24F2N2O/c1-14-5-6-21-17(9-14)18-13-26(3)8-7-22(18)27(21)12-15(2)16-10-19(24)23(28-4)20(25)11-16/h5-6,9-12H,7-8,13H2,1-4H3/b15-12+. The zero-order chi connectivity index (χ0) is 20.0. The maximum atomic E-state index is 14.2. The molecule has 0 spiro atoms. The molecule has 2 aromatic carbocycles. The molecule has 0 saturated heterocycles. The Bertz CT molecular complexity index is 1070. The third-order valence-corrected chi connectivity index (χ3v) is 5.51. The molecule has 2 heterocycles. The fourth-order valence-corrected chi connectivity index (χ4v) is 4.04. The predicted molar refractivity (Wildman–Crippen MR) is 109 cm³/mol. The van der Waals surface area contributed by atoms with Crippen molar-refractivity contribution < 1.29 is 13.5 Å². The number of halogens is 2. The van der Waals surface area contributed by atoms with E-state index in [9.17, 15) is 8.78 Å². The van der Waals surface area contributed by atoms with Crippen molar-refractivity contribution in [3.8, 4) is 5.75 Å². The Labute approximate surface area is 163 Å². The van der Waals surface area contributed by atoms with Gasteiger partial charge in [0.1, 0.15) is 0 Å². The number of likely N-dealkylation sites (N-methyl/N-ethyl adjacent to an activating group) is 1. The molecule has 0 amide bonds. The smallest absolute Gasteiger partial charge is 0.190 e. The molecule has 146 valence electrons. The number of hydrogen-bond donors (Lipinski definition) is 0. The van der Waals surface area contributed by atoms with Crippen LogP contribution in [0.5, 0.6) is 5.75 Å². The van der Waals surface area contributed by atoms with Crippen LogP contribution in [0, 0.1) is 18.6 Å². The summed E-state index contributed by atoms with van der Waals surface area (Å²) in [6, 6.07) is 9.10. The van der Waals surface area contributed by atoms with Gasteiger partial charge in [0, 0.05) is 36.8 Å². The lowest BCUT2D eigenvalue weighted by atomic mass is 10.0. The minimum absolute atomic E-state index is 0.348. The molecule has 3 aromatic rings. The molecule has 1 aliphatic rings. The van der Waals surface area contributed by atoms with Gasteiger partial charge in [0.15, 0.2) is 17.4 Å². The second-order valence-electron chi connectivity index (χ2n) is 7.59. The number of aromatic nitrogens is 1. The zero-order valence-electron chi connectivity index (χ0n) is 16.6. The first-order valence-electron chi connectivity index (χ1n) is 9.41.